The Kier molecular flexibility index (Phi) is 4.64. The van der Waals surface area contributed by atoms with Crippen molar-refractivity contribution in [1.82, 2.24) is 9.80 Å². The zero-order valence-corrected chi connectivity index (χ0v) is 13.7. The lowest BCUT2D eigenvalue weighted by Crippen LogP contribution is -2.55. The summed E-state index contributed by atoms with van der Waals surface area (Å²) in [5.74, 6) is -0.610. The number of nitriles is 1. The zero-order valence-electron chi connectivity index (χ0n) is 12.1. The molecule has 0 aliphatic carbocycles. The second-order valence-electron chi connectivity index (χ2n) is 5.58. The molecule has 0 bridgehead atoms. The maximum atomic E-state index is 13.5. The van der Waals surface area contributed by atoms with E-state index in [9.17, 15) is 9.18 Å². The van der Waals surface area contributed by atoms with Crippen molar-refractivity contribution in [3.63, 3.8) is 0 Å². The van der Waals surface area contributed by atoms with Gasteiger partial charge in [0.15, 0.2) is 0 Å². The minimum atomic E-state index is -0.529. The molecule has 6 heteroatoms. The van der Waals surface area contributed by atoms with Crippen LogP contribution in [-0.4, -0.2) is 47.4 Å². The highest BCUT2D eigenvalue weighted by Crippen LogP contribution is 2.20. The van der Waals surface area contributed by atoms with Crippen molar-refractivity contribution in [3.05, 3.63) is 34.1 Å². The molecule has 1 saturated heterocycles. The number of piperazine rings is 1. The molecule has 0 spiro atoms. The summed E-state index contributed by atoms with van der Waals surface area (Å²) in [6, 6.07) is 6.67. The van der Waals surface area contributed by atoms with Crippen LogP contribution in [0.4, 0.5) is 4.39 Å². The van der Waals surface area contributed by atoms with E-state index in [1.807, 2.05) is 13.8 Å². The van der Waals surface area contributed by atoms with Gasteiger partial charge in [-0.05, 0) is 48.0 Å². The number of halogens is 2. The van der Waals surface area contributed by atoms with Crippen LogP contribution in [-0.2, 0) is 0 Å². The first kappa shape index (κ1) is 15.9. The third-order valence-corrected chi connectivity index (χ3v) is 4.44. The largest absolute Gasteiger partial charge is 0.336 e. The van der Waals surface area contributed by atoms with Crippen LogP contribution in [0.5, 0.6) is 0 Å². The van der Waals surface area contributed by atoms with Crippen LogP contribution in [0.25, 0.3) is 0 Å². The summed E-state index contributed by atoms with van der Waals surface area (Å²) < 4.78 is 13.9. The predicted molar refractivity (Wildman–Crippen MR) is 81.3 cm³/mol. The minimum absolute atomic E-state index is 0.171. The number of nitrogens with zero attached hydrogens (tertiary/aromatic N) is 3. The van der Waals surface area contributed by atoms with E-state index in [4.69, 9.17) is 5.26 Å². The standard InChI is InChI=1S/C15H17BrFN3O/c1-15(2,10-18)20-7-5-19(6-8-20)14(21)11-3-4-12(16)13(17)9-11/h3-4,9H,5-8H2,1-2H3. The van der Waals surface area contributed by atoms with Gasteiger partial charge in [-0.25, -0.2) is 4.39 Å². The molecule has 112 valence electrons. The highest BCUT2D eigenvalue weighted by Gasteiger charge is 2.31. The smallest absolute Gasteiger partial charge is 0.254 e. The second kappa shape index (κ2) is 6.12. The van der Waals surface area contributed by atoms with Gasteiger partial charge in [0.1, 0.15) is 11.4 Å². The first-order valence-electron chi connectivity index (χ1n) is 6.76. The quantitative estimate of drug-likeness (QED) is 0.820. The van der Waals surface area contributed by atoms with Gasteiger partial charge in [-0.1, -0.05) is 0 Å². The van der Waals surface area contributed by atoms with Crippen molar-refractivity contribution >= 4 is 21.8 Å². The monoisotopic (exact) mass is 353 g/mol. The van der Waals surface area contributed by atoms with Crippen molar-refractivity contribution < 1.29 is 9.18 Å². The Hall–Kier alpha value is -1.45. The molecule has 0 radical (unpaired) electrons. The summed E-state index contributed by atoms with van der Waals surface area (Å²) in [5, 5.41) is 9.14. The van der Waals surface area contributed by atoms with Gasteiger partial charge in [-0.15, -0.1) is 0 Å². The highest BCUT2D eigenvalue weighted by atomic mass is 79.9. The lowest BCUT2D eigenvalue weighted by molar-refractivity contribution is 0.0520. The van der Waals surface area contributed by atoms with Gasteiger partial charge < -0.3 is 4.90 Å². The minimum Gasteiger partial charge on any atom is -0.336 e. The summed E-state index contributed by atoms with van der Waals surface area (Å²) in [6.45, 7) is 6.11. The molecule has 1 fully saturated rings. The topological polar surface area (TPSA) is 47.3 Å². The van der Waals surface area contributed by atoms with Crippen LogP contribution in [0.1, 0.15) is 24.2 Å². The fraction of sp³-hybridized carbons (Fsp3) is 0.467. The average Bonchev–Trinajstić information content (AvgIpc) is 2.49. The summed E-state index contributed by atoms with van der Waals surface area (Å²) in [7, 11) is 0. The van der Waals surface area contributed by atoms with Gasteiger partial charge in [0.25, 0.3) is 5.91 Å². The summed E-state index contributed by atoms with van der Waals surface area (Å²) in [5.41, 5.74) is -0.178. The van der Waals surface area contributed by atoms with E-state index < -0.39 is 11.4 Å². The van der Waals surface area contributed by atoms with E-state index in [0.29, 0.717) is 36.2 Å². The third kappa shape index (κ3) is 3.42. The van der Waals surface area contributed by atoms with Gasteiger partial charge in [-0.3, -0.25) is 9.69 Å². The normalized spacial score (nSPS) is 16.6. The molecule has 1 heterocycles. The molecule has 2 rings (SSSR count). The van der Waals surface area contributed by atoms with Crippen LogP contribution in [0.15, 0.2) is 22.7 Å². The maximum absolute atomic E-state index is 13.5. The van der Waals surface area contributed by atoms with Crippen molar-refractivity contribution in [2.24, 2.45) is 0 Å². The molecule has 0 atom stereocenters. The first-order valence-corrected chi connectivity index (χ1v) is 7.55. The third-order valence-electron chi connectivity index (χ3n) is 3.80. The SMILES string of the molecule is CC(C)(C#N)N1CCN(C(=O)c2ccc(Br)c(F)c2)CC1. The van der Waals surface area contributed by atoms with E-state index in [-0.39, 0.29) is 5.91 Å². The Balaban J connectivity index is 2.04. The van der Waals surface area contributed by atoms with Crippen molar-refractivity contribution in [2.75, 3.05) is 26.2 Å². The van der Waals surface area contributed by atoms with Crippen molar-refractivity contribution in [1.29, 1.82) is 5.26 Å². The Labute approximate surface area is 132 Å². The first-order chi connectivity index (χ1) is 9.85. The van der Waals surface area contributed by atoms with Gasteiger partial charge in [0, 0.05) is 31.7 Å². The fourth-order valence-corrected chi connectivity index (χ4v) is 2.60. The van der Waals surface area contributed by atoms with Gasteiger partial charge in [-0.2, -0.15) is 5.26 Å². The molecule has 0 N–H and O–H groups in total. The van der Waals surface area contributed by atoms with E-state index in [1.54, 1.807) is 11.0 Å². The molecule has 1 aliphatic rings. The molecule has 4 nitrogen and oxygen atoms in total. The molecule has 21 heavy (non-hydrogen) atoms. The van der Waals surface area contributed by atoms with E-state index in [2.05, 4.69) is 26.9 Å². The molecule has 1 aromatic rings. The van der Waals surface area contributed by atoms with Crippen molar-refractivity contribution in [3.8, 4) is 6.07 Å². The molecular formula is C15H17BrFN3O. The van der Waals surface area contributed by atoms with Crippen LogP contribution in [0, 0.1) is 17.1 Å². The van der Waals surface area contributed by atoms with Gasteiger partial charge in [0.05, 0.1) is 10.5 Å². The average molecular weight is 354 g/mol. The van der Waals surface area contributed by atoms with Gasteiger partial charge >= 0.3 is 0 Å². The molecule has 0 saturated carbocycles. The zero-order chi connectivity index (χ0) is 15.6. The Morgan fingerprint density at radius 2 is 1.95 bits per heavy atom. The molecule has 1 aliphatic heterocycles. The van der Waals surface area contributed by atoms with Crippen LogP contribution in [0.2, 0.25) is 0 Å². The van der Waals surface area contributed by atoms with Crippen LogP contribution >= 0.6 is 15.9 Å². The van der Waals surface area contributed by atoms with E-state index >= 15 is 0 Å². The summed E-state index contributed by atoms with van der Waals surface area (Å²) >= 11 is 3.07. The number of carbonyl (C=O) groups excluding carboxylic acids is 1. The Bertz CT molecular complexity index is 589. The molecular weight excluding hydrogens is 337 g/mol. The number of hydrogen-bond donors (Lipinski definition) is 0. The number of rotatable bonds is 2. The van der Waals surface area contributed by atoms with Gasteiger partial charge in [0.2, 0.25) is 0 Å². The molecule has 0 aromatic heterocycles. The molecule has 1 aromatic carbocycles. The van der Waals surface area contributed by atoms with Crippen molar-refractivity contribution in [2.45, 2.75) is 19.4 Å². The Morgan fingerprint density at radius 1 is 1.33 bits per heavy atom. The fourth-order valence-electron chi connectivity index (χ4n) is 2.35. The molecule has 1 amide bonds. The predicted octanol–water partition coefficient (Wildman–Crippen LogP) is 2.65. The maximum Gasteiger partial charge on any atom is 0.254 e. The van der Waals surface area contributed by atoms with Crippen LogP contribution in [0.3, 0.4) is 0 Å². The number of benzene rings is 1. The highest BCUT2D eigenvalue weighted by molar-refractivity contribution is 9.10. The number of carbonyl (C=O) groups is 1. The lowest BCUT2D eigenvalue weighted by atomic mass is 10.0. The number of amides is 1. The second-order valence-corrected chi connectivity index (χ2v) is 6.43. The molecule has 0 unspecified atom stereocenters. The van der Waals surface area contributed by atoms with Crippen LogP contribution < -0.4 is 0 Å². The van der Waals surface area contributed by atoms with E-state index in [0.717, 1.165) is 0 Å². The Morgan fingerprint density at radius 3 is 2.48 bits per heavy atom. The summed E-state index contributed by atoms with van der Waals surface area (Å²) in [4.78, 5) is 16.1. The van der Waals surface area contributed by atoms with E-state index in [1.165, 1.54) is 12.1 Å². The lowest BCUT2D eigenvalue weighted by Gasteiger charge is -2.40. The summed E-state index contributed by atoms with van der Waals surface area (Å²) in [6.07, 6.45) is 0. The number of hydrogen-bond acceptors (Lipinski definition) is 3.